The van der Waals surface area contributed by atoms with E-state index < -0.39 is 23.4 Å². The molecule has 1 heterocycles. The normalized spacial score (nSPS) is 11.4. The van der Waals surface area contributed by atoms with Crippen LogP contribution < -0.4 is 5.32 Å². The van der Waals surface area contributed by atoms with E-state index in [1.54, 1.807) is 0 Å². The molecule has 0 aliphatic carbocycles. The minimum Gasteiger partial charge on any atom is -0.505 e. The Hall–Kier alpha value is -2.31. The summed E-state index contributed by atoms with van der Waals surface area (Å²) in [6.45, 7) is 0.0661. The summed E-state index contributed by atoms with van der Waals surface area (Å²) in [5.41, 5.74) is -0.358. The van der Waals surface area contributed by atoms with E-state index in [4.69, 9.17) is 0 Å². The van der Waals surface area contributed by atoms with Gasteiger partial charge in [-0.3, -0.25) is 0 Å². The van der Waals surface area contributed by atoms with Crippen LogP contribution in [0, 0.1) is 5.82 Å². The van der Waals surface area contributed by atoms with Gasteiger partial charge in [0.15, 0.2) is 11.6 Å². The third-order valence-electron chi connectivity index (χ3n) is 2.61. The summed E-state index contributed by atoms with van der Waals surface area (Å²) in [5, 5.41) is 12.2. The van der Waals surface area contributed by atoms with E-state index in [0.29, 0.717) is 11.3 Å². The summed E-state index contributed by atoms with van der Waals surface area (Å²) >= 11 is 0. The fourth-order valence-electron chi connectivity index (χ4n) is 1.57. The van der Waals surface area contributed by atoms with Crippen molar-refractivity contribution < 1.29 is 22.7 Å². The highest BCUT2D eigenvalue weighted by Crippen LogP contribution is 2.28. The number of phenols is 1. The number of anilines is 1. The molecule has 0 bridgehead atoms. The first-order valence-corrected chi connectivity index (χ1v) is 5.61. The lowest BCUT2D eigenvalue weighted by atomic mass is 10.2. The lowest BCUT2D eigenvalue weighted by Gasteiger charge is -2.10. The van der Waals surface area contributed by atoms with Gasteiger partial charge in [-0.15, -0.1) is 0 Å². The molecule has 2 aromatic rings. The summed E-state index contributed by atoms with van der Waals surface area (Å²) in [6.07, 6.45) is -3.46. The monoisotopic (exact) mass is 286 g/mol. The van der Waals surface area contributed by atoms with Gasteiger partial charge in [0, 0.05) is 12.1 Å². The van der Waals surface area contributed by atoms with Gasteiger partial charge in [0.25, 0.3) is 0 Å². The Bertz CT molecular complexity index is 596. The Labute approximate surface area is 111 Å². The highest BCUT2D eigenvalue weighted by atomic mass is 19.4. The first kappa shape index (κ1) is 14.1. The van der Waals surface area contributed by atoms with Gasteiger partial charge in [0.1, 0.15) is 5.69 Å². The minimum atomic E-state index is -4.49. The van der Waals surface area contributed by atoms with Crippen LogP contribution in [0.15, 0.2) is 36.5 Å². The van der Waals surface area contributed by atoms with Crippen molar-refractivity contribution in [2.75, 3.05) is 5.32 Å². The van der Waals surface area contributed by atoms with Crippen molar-refractivity contribution in [1.82, 2.24) is 4.98 Å². The molecule has 0 amide bonds. The molecule has 1 aromatic heterocycles. The summed E-state index contributed by atoms with van der Waals surface area (Å²) in [6, 6.07) is 6.10. The molecule has 1 aromatic carbocycles. The number of nitrogens with zero attached hydrogens (tertiary/aromatic N) is 1. The van der Waals surface area contributed by atoms with Crippen molar-refractivity contribution in [1.29, 1.82) is 0 Å². The maximum absolute atomic E-state index is 13.1. The summed E-state index contributed by atoms with van der Waals surface area (Å²) < 4.78 is 50.0. The maximum Gasteiger partial charge on any atom is 0.433 e. The molecule has 106 valence electrons. The second-order valence-electron chi connectivity index (χ2n) is 4.03. The Balaban J connectivity index is 2.06. The highest BCUT2D eigenvalue weighted by Gasteiger charge is 2.31. The Morgan fingerprint density at radius 3 is 2.50 bits per heavy atom. The molecule has 2 rings (SSSR count). The Morgan fingerprint density at radius 2 is 1.90 bits per heavy atom. The molecule has 0 aliphatic rings. The first-order chi connectivity index (χ1) is 9.38. The van der Waals surface area contributed by atoms with E-state index in [9.17, 15) is 22.7 Å². The van der Waals surface area contributed by atoms with Crippen LogP contribution in [0.3, 0.4) is 0 Å². The number of hydrogen-bond donors (Lipinski definition) is 2. The molecule has 20 heavy (non-hydrogen) atoms. The summed E-state index contributed by atoms with van der Waals surface area (Å²) in [7, 11) is 0. The standard InChI is InChI=1S/C13H10F4N2O/c14-10-3-1-2-8(12(10)20)6-18-9-4-5-11(19-7-9)13(15,16)17/h1-5,7,18,20H,6H2. The number of hydrogen-bond acceptors (Lipinski definition) is 3. The van der Waals surface area contributed by atoms with Crippen LogP contribution in [0.4, 0.5) is 23.2 Å². The van der Waals surface area contributed by atoms with Crippen molar-refractivity contribution >= 4 is 5.69 Å². The first-order valence-electron chi connectivity index (χ1n) is 5.61. The van der Waals surface area contributed by atoms with Crippen LogP contribution in [0.2, 0.25) is 0 Å². The lowest BCUT2D eigenvalue weighted by Crippen LogP contribution is -2.08. The number of para-hydroxylation sites is 1. The van der Waals surface area contributed by atoms with Gasteiger partial charge in [-0.1, -0.05) is 12.1 Å². The number of nitrogens with one attached hydrogen (secondary N) is 1. The molecular weight excluding hydrogens is 276 g/mol. The van der Waals surface area contributed by atoms with Gasteiger partial charge >= 0.3 is 6.18 Å². The number of aromatic nitrogens is 1. The number of pyridine rings is 1. The molecule has 0 radical (unpaired) electrons. The number of rotatable bonds is 3. The van der Waals surface area contributed by atoms with Gasteiger partial charge in [0.05, 0.1) is 11.9 Å². The largest absolute Gasteiger partial charge is 0.505 e. The van der Waals surface area contributed by atoms with Crippen LogP contribution in [-0.4, -0.2) is 10.1 Å². The van der Waals surface area contributed by atoms with E-state index in [2.05, 4.69) is 10.3 Å². The molecular formula is C13H10F4N2O. The van der Waals surface area contributed by atoms with Crippen molar-refractivity contribution in [2.24, 2.45) is 0 Å². The fraction of sp³-hybridized carbons (Fsp3) is 0.154. The molecule has 7 heteroatoms. The van der Waals surface area contributed by atoms with E-state index in [1.165, 1.54) is 18.2 Å². The zero-order valence-corrected chi connectivity index (χ0v) is 10.1. The van der Waals surface area contributed by atoms with Crippen molar-refractivity contribution in [3.63, 3.8) is 0 Å². The molecule has 0 saturated heterocycles. The number of aromatic hydroxyl groups is 1. The summed E-state index contributed by atoms with van der Waals surface area (Å²) in [4.78, 5) is 3.28. The van der Waals surface area contributed by atoms with Gasteiger partial charge in [-0.25, -0.2) is 9.37 Å². The van der Waals surface area contributed by atoms with E-state index in [-0.39, 0.29) is 6.54 Å². The SMILES string of the molecule is Oc1c(F)cccc1CNc1ccc(C(F)(F)F)nc1. The molecule has 0 unspecified atom stereocenters. The summed E-state index contributed by atoms with van der Waals surface area (Å²) in [5.74, 6) is -1.24. The maximum atomic E-state index is 13.1. The topological polar surface area (TPSA) is 45.1 Å². The fourth-order valence-corrected chi connectivity index (χ4v) is 1.57. The average molecular weight is 286 g/mol. The van der Waals surface area contributed by atoms with Crippen LogP contribution in [0.1, 0.15) is 11.3 Å². The molecule has 3 nitrogen and oxygen atoms in total. The van der Waals surface area contributed by atoms with E-state index in [0.717, 1.165) is 18.3 Å². The number of benzene rings is 1. The third kappa shape index (κ3) is 3.17. The number of alkyl halides is 3. The zero-order chi connectivity index (χ0) is 14.8. The van der Waals surface area contributed by atoms with Gasteiger partial charge in [0.2, 0.25) is 0 Å². The predicted octanol–water partition coefficient (Wildman–Crippen LogP) is 3.56. The minimum absolute atomic E-state index is 0.0661. The molecule has 0 atom stereocenters. The van der Waals surface area contributed by atoms with Crippen molar-refractivity contribution in [3.05, 3.63) is 53.6 Å². The third-order valence-corrected chi connectivity index (χ3v) is 2.61. The van der Waals surface area contributed by atoms with Gasteiger partial charge in [-0.2, -0.15) is 13.2 Å². The van der Waals surface area contributed by atoms with Crippen LogP contribution in [0.5, 0.6) is 5.75 Å². The van der Waals surface area contributed by atoms with Crippen molar-refractivity contribution in [2.45, 2.75) is 12.7 Å². The second-order valence-corrected chi connectivity index (χ2v) is 4.03. The number of phenolic OH excluding ortho intramolecular Hbond substituents is 1. The second kappa shape index (κ2) is 5.36. The zero-order valence-electron chi connectivity index (χ0n) is 10.1. The highest BCUT2D eigenvalue weighted by molar-refractivity contribution is 5.44. The number of halogens is 4. The predicted molar refractivity (Wildman–Crippen MR) is 64.6 cm³/mol. The van der Waals surface area contributed by atoms with E-state index in [1.807, 2.05) is 0 Å². The molecule has 2 N–H and O–H groups in total. The average Bonchev–Trinajstić information content (AvgIpc) is 2.40. The molecule has 0 saturated carbocycles. The van der Waals surface area contributed by atoms with E-state index >= 15 is 0 Å². The van der Waals surface area contributed by atoms with Gasteiger partial charge in [-0.05, 0) is 18.2 Å². The Morgan fingerprint density at radius 1 is 1.15 bits per heavy atom. The van der Waals surface area contributed by atoms with Crippen LogP contribution in [-0.2, 0) is 12.7 Å². The van der Waals surface area contributed by atoms with Crippen molar-refractivity contribution in [3.8, 4) is 5.75 Å². The van der Waals surface area contributed by atoms with Gasteiger partial charge < -0.3 is 10.4 Å². The quantitative estimate of drug-likeness (QED) is 0.848. The smallest absolute Gasteiger partial charge is 0.433 e. The molecule has 0 fully saturated rings. The Kier molecular flexibility index (Phi) is 3.78. The molecule has 0 aliphatic heterocycles. The lowest BCUT2D eigenvalue weighted by molar-refractivity contribution is -0.141. The van der Waals surface area contributed by atoms with Crippen LogP contribution in [0.25, 0.3) is 0 Å². The van der Waals surface area contributed by atoms with Crippen LogP contribution >= 0.6 is 0 Å². The molecule has 0 spiro atoms.